The lowest BCUT2D eigenvalue weighted by Crippen LogP contribution is -2.26. The molecule has 2 N–H and O–H groups in total. The van der Waals surface area contributed by atoms with Crippen molar-refractivity contribution in [3.8, 4) is 0 Å². The van der Waals surface area contributed by atoms with Gasteiger partial charge >= 0.3 is 5.97 Å². The van der Waals surface area contributed by atoms with Crippen molar-refractivity contribution < 1.29 is 14.7 Å². The van der Waals surface area contributed by atoms with Crippen LogP contribution in [0.4, 0.5) is 0 Å². The summed E-state index contributed by atoms with van der Waals surface area (Å²) in [5.41, 5.74) is 0.661. The molecule has 1 amide bonds. The first-order valence-electron chi connectivity index (χ1n) is 8.96. The van der Waals surface area contributed by atoms with Gasteiger partial charge in [0.15, 0.2) is 0 Å². The molecule has 0 saturated heterocycles. The number of aromatic carboxylic acids is 1. The molecule has 0 atom stereocenters. The third-order valence-electron chi connectivity index (χ3n) is 4.60. The van der Waals surface area contributed by atoms with Crippen LogP contribution in [0.25, 0.3) is 0 Å². The van der Waals surface area contributed by atoms with Crippen LogP contribution in [0.3, 0.4) is 0 Å². The van der Waals surface area contributed by atoms with Crippen LogP contribution in [0.5, 0.6) is 0 Å². The van der Waals surface area contributed by atoms with Gasteiger partial charge in [-0.2, -0.15) is 0 Å². The van der Waals surface area contributed by atoms with Crippen molar-refractivity contribution in [3.05, 3.63) is 40.7 Å². The van der Waals surface area contributed by atoms with Crippen LogP contribution < -0.4 is 5.32 Å². The van der Waals surface area contributed by atoms with Crippen molar-refractivity contribution >= 4 is 11.9 Å². The number of carboxylic acids is 1. The highest BCUT2D eigenvalue weighted by atomic mass is 16.4. The van der Waals surface area contributed by atoms with E-state index in [9.17, 15) is 9.59 Å². The van der Waals surface area contributed by atoms with Gasteiger partial charge in [0.1, 0.15) is 17.3 Å². The Balaban J connectivity index is 1.51. The Morgan fingerprint density at radius 3 is 2.85 bits per heavy atom. The number of rotatable bonds is 6. The van der Waals surface area contributed by atoms with Gasteiger partial charge in [-0.1, -0.05) is 6.42 Å². The predicted molar refractivity (Wildman–Crippen MR) is 94.2 cm³/mol. The van der Waals surface area contributed by atoms with Gasteiger partial charge in [-0.15, -0.1) is 10.2 Å². The third kappa shape index (κ3) is 4.07. The number of pyridine rings is 1. The molecule has 0 spiro atoms. The molecule has 0 radical (unpaired) electrons. The molecule has 0 saturated carbocycles. The van der Waals surface area contributed by atoms with E-state index in [1.54, 1.807) is 6.92 Å². The number of nitrogens with zero attached hydrogens (tertiary/aromatic N) is 4. The summed E-state index contributed by atoms with van der Waals surface area (Å²) in [7, 11) is 0. The average molecular weight is 357 g/mol. The first kappa shape index (κ1) is 18.0. The van der Waals surface area contributed by atoms with Gasteiger partial charge in [0.05, 0.1) is 11.3 Å². The Morgan fingerprint density at radius 1 is 1.23 bits per heavy atom. The molecule has 3 heterocycles. The minimum atomic E-state index is -1.05. The van der Waals surface area contributed by atoms with Gasteiger partial charge in [-0.3, -0.25) is 4.79 Å². The molecule has 2 aromatic rings. The van der Waals surface area contributed by atoms with E-state index in [1.165, 1.54) is 25.0 Å². The lowest BCUT2D eigenvalue weighted by molar-refractivity contribution is 0.0694. The molecule has 8 nitrogen and oxygen atoms in total. The van der Waals surface area contributed by atoms with E-state index >= 15 is 0 Å². The predicted octanol–water partition coefficient (Wildman–Crippen LogP) is 1.77. The number of aryl methyl sites for hydroxylation is 3. The molecular formula is C18H23N5O3. The molecule has 3 rings (SSSR count). The molecule has 2 aromatic heterocycles. The largest absolute Gasteiger partial charge is 0.478 e. The monoisotopic (exact) mass is 357 g/mol. The van der Waals surface area contributed by atoms with Crippen molar-refractivity contribution in [1.82, 2.24) is 25.1 Å². The van der Waals surface area contributed by atoms with E-state index in [-0.39, 0.29) is 17.2 Å². The highest BCUT2D eigenvalue weighted by Gasteiger charge is 2.15. The number of amides is 1. The molecule has 0 aromatic carbocycles. The molecule has 26 heavy (non-hydrogen) atoms. The zero-order chi connectivity index (χ0) is 18.5. The number of hydrogen-bond donors (Lipinski definition) is 2. The quantitative estimate of drug-likeness (QED) is 0.763. The number of carbonyl (C=O) groups is 2. The zero-order valence-electron chi connectivity index (χ0n) is 14.9. The van der Waals surface area contributed by atoms with Gasteiger partial charge in [-0.25, -0.2) is 9.78 Å². The number of aromatic nitrogens is 4. The molecule has 8 heteroatoms. The molecule has 1 aliphatic heterocycles. The van der Waals surface area contributed by atoms with Crippen LogP contribution in [-0.4, -0.2) is 43.3 Å². The van der Waals surface area contributed by atoms with Gasteiger partial charge < -0.3 is 15.0 Å². The summed E-state index contributed by atoms with van der Waals surface area (Å²) in [5, 5.41) is 20.4. The zero-order valence-corrected chi connectivity index (χ0v) is 14.9. The Morgan fingerprint density at radius 2 is 2.08 bits per heavy atom. The lowest BCUT2D eigenvalue weighted by Gasteiger charge is -2.08. The normalized spacial score (nSPS) is 13.7. The summed E-state index contributed by atoms with van der Waals surface area (Å²) in [5.74, 6) is 0.704. The Kier molecular flexibility index (Phi) is 5.60. The van der Waals surface area contributed by atoms with Gasteiger partial charge in [-0.05, 0) is 38.3 Å². The first-order valence-corrected chi connectivity index (χ1v) is 8.96. The highest BCUT2D eigenvalue weighted by molar-refractivity contribution is 5.94. The number of hydrogen-bond acceptors (Lipinski definition) is 5. The van der Waals surface area contributed by atoms with Crippen molar-refractivity contribution in [3.63, 3.8) is 0 Å². The van der Waals surface area contributed by atoms with E-state index in [4.69, 9.17) is 5.11 Å². The van der Waals surface area contributed by atoms with Crippen LogP contribution in [0, 0.1) is 6.92 Å². The SMILES string of the molecule is Cc1nc(C(=O)NCCCc2nnc3n2CCCCC3)ccc1C(=O)O. The molecule has 0 fully saturated rings. The summed E-state index contributed by atoms with van der Waals surface area (Å²) in [4.78, 5) is 27.2. The summed E-state index contributed by atoms with van der Waals surface area (Å²) >= 11 is 0. The minimum absolute atomic E-state index is 0.106. The first-order chi connectivity index (χ1) is 12.6. The standard InChI is InChI=1S/C18H23N5O3/c1-12-13(18(25)26)8-9-14(20-12)17(24)19-10-5-7-16-22-21-15-6-3-2-4-11-23(15)16/h8-9H,2-7,10-11H2,1H3,(H,19,24)(H,25,26). The van der Waals surface area contributed by atoms with Crippen molar-refractivity contribution in [2.45, 2.75) is 52.0 Å². The number of carbonyl (C=O) groups excluding carboxylic acids is 1. The maximum absolute atomic E-state index is 12.2. The van der Waals surface area contributed by atoms with Gasteiger partial charge in [0.25, 0.3) is 5.91 Å². The van der Waals surface area contributed by atoms with E-state index in [2.05, 4.69) is 25.1 Å². The Labute approximate surface area is 151 Å². The fourth-order valence-corrected chi connectivity index (χ4v) is 3.18. The van der Waals surface area contributed by atoms with Crippen LogP contribution in [-0.2, 0) is 19.4 Å². The number of nitrogens with one attached hydrogen (secondary N) is 1. The topological polar surface area (TPSA) is 110 Å². The molecule has 0 unspecified atom stereocenters. The van der Waals surface area contributed by atoms with E-state index in [1.807, 2.05) is 0 Å². The summed E-state index contributed by atoms with van der Waals surface area (Å²) in [6.07, 6.45) is 6.06. The van der Waals surface area contributed by atoms with Crippen molar-refractivity contribution in [1.29, 1.82) is 0 Å². The van der Waals surface area contributed by atoms with Crippen LogP contribution >= 0.6 is 0 Å². The Bertz CT molecular complexity index is 815. The van der Waals surface area contributed by atoms with Crippen molar-refractivity contribution in [2.24, 2.45) is 0 Å². The maximum atomic E-state index is 12.2. The second kappa shape index (κ2) is 8.07. The van der Waals surface area contributed by atoms with Crippen LogP contribution in [0.2, 0.25) is 0 Å². The highest BCUT2D eigenvalue weighted by Crippen LogP contribution is 2.15. The summed E-state index contributed by atoms with van der Waals surface area (Å²) in [6.45, 7) is 3.06. The molecule has 1 aliphatic rings. The number of fused-ring (bicyclic) bond motifs is 1. The van der Waals surface area contributed by atoms with Crippen LogP contribution in [0.1, 0.15) is 63.9 Å². The maximum Gasteiger partial charge on any atom is 0.337 e. The minimum Gasteiger partial charge on any atom is -0.478 e. The lowest BCUT2D eigenvalue weighted by atomic mass is 10.2. The molecule has 0 bridgehead atoms. The second-order valence-corrected chi connectivity index (χ2v) is 6.49. The van der Waals surface area contributed by atoms with Crippen molar-refractivity contribution in [2.75, 3.05) is 6.54 Å². The van der Waals surface area contributed by atoms with Crippen LogP contribution in [0.15, 0.2) is 12.1 Å². The fraction of sp³-hybridized carbons (Fsp3) is 0.500. The number of carboxylic acid groups (broad SMARTS) is 1. The fourth-order valence-electron chi connectivity index (χ4n) is 3.18. The molecular weight excluding hydrogens is 334 g/mol. The molecule has 0 aliphatic carbocycles. The van der Waals surface area contributed by atoms with E-state index in [0.717, 1.165) is 43.9 Å². The molecule has 138 valence electrons. The third-order valence-corrected chi connectivity index (χ3v) is 4.60. The average Bonchev–Trinajstić information content (AvgIpc) is 2.84. The van der Waals surface area contributed by atoms with E-state index < -0.39 is 5.97 Å². The van der Waals surface area contributed by atoms with E-state index in [0.29, 0.717) is 12.2 Å². The summed E-state index contributed by atoms with van der Waals surface area (Å²) < 4.78 is 2.21. The summed E-state index contributed by atoms with van der Waals surface area (Å²) in [6, 6.07) is 2.84. The smallest absolute Gasteiger partial charge is 0.337 e. The van der Waals surface area contributed by atoms with Gasteiger partial charge in [0.2, 0.25) is 0 Å². The second-order valence-electron chi connectivity index (χ2n) is 6.49. The van der Waals surface area contributed by atoms with Gasteiger partial charge in [0, 0.05) is 25.9 Å². The Hall–Kier alpha value is -2.77.